The Kier molecular flexibility index (Phi) is 6.23. The van der Waals surface area contributed by atoms with E-state index in [1.54, 1.807) is 0 Å². The summed E-state index contributed by atoms with van der Waals surface area (Å²) in [5, 5.41) is 0. The van der Waals surface area contributed by atoms with Crippen molar-refractivity contribution in [3.63, 3.8) is 0 Å². The molecular formula is C15H25NO. The number of rotatable bonds is 7. The van der Waals surface area contributed by atoms with Gasteiger partial charge >= 0.3 is 0 Å². The third kappa shape index (κ3) is 5.33. The quantitative estimate of drug-likeness (QED) is 0.737. The van der Waals surface area contributed by atoms with E-state index in [0.29, 0.717) is 18.4 Å². The van der Waals surface area contributed by atoms with E-state index in [-0.39, 0.29) is 6.04 Å². The molecule has 2 N–H and O–H groups in total. The van der Waals surface area contributed by atoms with Crippen molar-refractivity contribution in [1.82, 2.24) is 0 Å². The summed E-state index contributed by atoms with van der Waals surface area (Å²) >= 11 is 0. The third-order valence-electron chi connectivity index (χ3n) is 3.24. The molecule has 96 valence electrons. The van der Waals surface area contributed by atoms with Gasteiger partial charge in [-0.3, -0.25) is 0 Å². The SMILES string of the molecule is CC(C)C(CCOCc1ccccc1)C(C)N. The summed E-state index contributed by atoms with van der Waals surface area (Å²) in [5.74, 6) is 1.17. The summed E-state index contributed by atoms with van der Waals surface area (Å²) in [6, 6.07) is 10.5. The van der Waals surface area contributed by atoms with Gasteiger partial charge in [-0.05, 0) is 30.7 Å². The van der Waals surface area contributed by atoms with Gasteiger partial charge in [0, 0.05) is 12.6 Å². The van der Waals surface area contributed by atoms with Crippen molar-refractivity contribution >= 4 is 0 Å². The fourth-order valence-corrected chi connectivity index (χ4v) is 2.19. The Morgan fingerprint density at radius 1 is 1.12 bits per heavy atom. The number of hydrogen-bond acceptors (Lipinski definition) is 2. The van der Waals surface area contributed by atoms with Crippen LogP contribution in [0.15, 0.2) is 30.3 Å². The molecule has 0 heterocycles. The van der Waals surface area contributed by atoms with Gasteiger partial charge < -0.3 is 10.5 Å². The summed E-state index contributed by atoms with van der Waals surface area (Å²) in [5.41, 5.74) is 7.21. The Hall–Kier alpha value is -0.860. The van der Waals surface area contributed by atoms with Gasteiger partial charge in [0.05, 0.1) is 6.61 Å². The highest BCUT2D eigenvalue weighted by Gasteiger charge is 2.17. The zero-order valence-electron chi connectivity index (χ0n) is 11.2. The van der Waals surface area contributed by atoms with Crippen molar-refractivity contribution in [3.8, 4) is 0 Å². The molecule has 0 amide bonds. The maximum Gasteiger partial charge on any atom is 0.0716 e. The first kappa shape index (κ1) is 14.2. The monoisotopic (exact) mass is 235 g/mol. The number of ether oxygens (including phenoxy) is 1. The van der Waals surface area contributed by atoms with Crippen LogP contribution in [0.3, 0.4) is 0 Å². The summed E-state index contributed by atoms with van der Waals surface area (Å²) < 4.78 is 5.69. The number of benzene rings is 1. The van der Waals surface area contributed by atoms with Gasteiger partial charge in [0.25, 0.3) is 0 Å². The minimum atomic E-state index is 0.246. The van der Waals surface area contributed by atoms with Crippen LogP contribution in [0, 0.1) is 11.8 Å². The number of hydrogen-bond donors (Lipinski definition) is 1. The molecule has 2 atom stereocenters. The van der Waals surface area contributed by atoms with Crippen LogP contribution in [-0.2, 0) is 11.3 Å². The Morgan fingerprint density at radius 2 is 1.76 bits per heavy atom. The summed E-state index contributed by atoms with van der Waals surface area (Å²) in [4.78, 5) is 0. The molecule has 2 heteroatoms. The van der Waals surface area contributed by atoms with E-state index in [1.807, 2.05) is 18.2 Å². The van der Waals surface area contributed by atoms with E-state index in [1.165, 1.54) is 5.56 Å². The standard InChI is InChI=1S/C15H25NO/c1-12(2)15(13(3)16)9-10-17-11-14-7-5-4-6-8-14/h4-8,12-13,15H,9-11,16H2,1-3H3. The molecule has 0 radical (unpaired) electrons. The Bertz CT molecular complexity index is 287. The topological polar surface area (TPSA) is 35.2 Å². The molecular weight excluding hydrogens is 210 g/mol. The molecule has 0 aliphatic heterocycles. The average Bonchev–Trinajstić information content (AvgIpc) is 2.29. The highest BCUT2D eigenvalue weighted by Crippen LogP contribution is 2.18. The zero-order chi connectivity index (χ0) is 12.7. The van der Waals surface area contributed by atoms with Crippen molar-refractivity contribution in [1.29, 1.82) is 0 Å². The predicted octanol–water partition coefficient (Wildman–Crippen LogP) is 3.21. The van der Waals surface area contributed by atoms with Gasteiger partial charge in [0.2, 0.25) is 0 Å². The van der Waals surface area contributed by atoms with Crippen LogP contribution in [0.2, 0.25) is 0 Å². The molecule has 1 aromatic rings. The fraction of sp³-hybridized carbons (Fsp3) is 0.600. The predicted molar refractivity (Wildman–Crippen MR) is 72.7 cm³/mol. The molecule has 0 bridgehead atoms. The molecule has 0 saturated heterocycles. The van der Waals surface area contributed by atoms with Gasteiger partial charge in [-0.15, -0.1) is 0 Å². The van der Waals surface area contributed by atoms with E-state index in [4.69, 9.17) is 10.5 Å². The third-order valence-corrected chi connectivity index (χ3v) is 3.24. The molecule has 0 aromatic heterocycles. The van der Waals surface area contributed by atoms with Crippen LogP contribution in [0.25, 0.3) is 0 Å². The Labute approximate surface area is 105 Å². The summed E-state index contributed by atoms with van der Waals surface area (Å²) in [6.07, 6.45) is 1.04. The first-order valence-corrected chi connectivity index (χ1v) is 6.48. The lowest BCUT2D eigenvalue weighted by molar-refractivity contribution is 0.0968. The van der Waals surface area contributed by atoms with Gasteiger partial charge in [-0.25, -0.2) is 0 Å². The molecule has 0 fully saturated rings. The number of nitrogens with two attached hydrogens (primary N) is 1. The normalized spacial score (nSPS) is 14.9. The summed E-state index contributed by atoms with van der Waals surface area (Å²) in [7, 11) is 0. The van der Waals surface area contributed by atoms with E-state index in [2.05, 4.69) is 32.9 Å². The van der Waals surface area contributed by atoms with Crippen molar-refractivity contribution in [3.05, 3.63) is 35.9 Å². The van der Waals surface area contributed by atoms with E-state index < -0.39 is 0 Å². The van der Waals surface area contributed by atoms with Crippen LogP contribution >= 0.6 is 0 Å². The molecule has 1 rings (SSSR count). The highest BCUT2D eigenvalue weighted by atomic mass is 16.5. The minimum Gasteiger partial charge on any atom is -0.377 e. The van der Waals surface area contributed by atoms with Crippen molar-refractivity contribution in [2.75, 3.05) is 6.61 Å². The smallest absolute Gasteiger partial charge is 0.0716 e. The van der Waals surface area contributed by atoms with Crippen molar-refractivity contribution < 1.29 is 4.74 Å². The van der Waals surface area contributed by atoms with Crippen molar-refractivity contribution in [2.24, 2.45) is 17.6 Å². The summed E-state index contributed by atoms with van der Waals surface area (Å²) in [6.45, 7) is 8.03. The first-order chi connectivity index (χ1) is 8.11. The fourth-order valence-electron chi connectivity index (χ4n) is 2.19. The molecule has 2 nitrogen and oxygen atoms in total. The zero-order valence-corrected chi connectivity index (χ0v) is 11.2. The lowest BCUT2D eigenvalue weighted by Crippen LogP contribution is -2.31. The Morgan fingerprint density at radius 3 is 2.29 bits per heavy atom. The maximum atomic E-state index is 5.98. The molecule has 17 heavy (non-hydrogen) atoms. The van der Waals surface area contributed by atoms with Gasteiger partial charge in [0.15, 0.2) is 0 Å². The Balaban J connectivity index is 2.23. The molecule has 1 aromatic carbocycles. The average molecular weight is 235 g/mol. The minimum absolute atomic E-state index is 0.246. The highest BCUT2D eigenvalue weighted by molar-refractivity contribution is 5.13. The van der Waals surface area contributed by atoms with E-state index in [0.717, 1.165) is 13.0 Å². The van der Waals surface area contributed by atoms with Crippen LogP contribution in [-0.4, -0.2) is 12.6 Å². The van der Waals surface area contributed by atoms with E-state index in [9.17, 15) is 0 Å². The van der Waals surface area contributed by atoms with Crippen LogP contribution in [0.1, 0.15) is 32.8 Å². The molecule has 0 aliphatic rings. The molecule has 2 unspecified atom stereocenters. The molecule has 0 aliphatic carbocycles. The first-order valence-electron chi connectivity index (χ1n) is 6.48. The van der Waals surface area contributed by atoms with Crippen molar-refractivity contribution in [2.45, 2.75) is 39.8 Å². The van der Waals surface area contributed by atoms with Gasteiger partial charge in [-0.2, -0.15) is 0 Å². The second kappa shape index (κ2) is 7.46. The molecule has 0 spiro atoms. The molecule has 0 saturated carbocycles. The largest absolute Gasteiger partial charge is 0.377 e. The maximum absolute atomic E-state index is 5.98. The second-order valence-electron chi connectivity index (χ2n) is 5.09. The van der Waals surface area contributed by atoms with E-state index >= 15 is 0 Å². The lowest BCUT2D eigenvalue weighted by Gasteiger charge is -2.24. The van der Waals surface area contributed by atoms with Crippen LogP contribution < -0.4 is 5.73 Å². The van der Waals surface area contributed by atoms with Gasteiger partial charge in [0.1, 0.15) is 0 Å². The van der Waals surface area contributed by atoms with Crippen LogP contribution in [0.5, 0.6) is 0 Å². The van der Waals surface area contributed by atoms with Crippen LogP contribution in [0.4, 0.5) is 0 Å². The lowest BCUT2D eigenvalue weighted by atomic mass is 9.87. The second-order valence-corrected chi connectivity index (χ2v) is 5.09. The van der Waals surface area contributed by atoms with Gasteiger partial charge in [-0.1, -0.05) is 44.2 Å².